The van der Waals surface area contributed by atoms with Gasteiger partial charge in [0.05, 0.1) is 12.2 Å². The van der Waals surface area contributed by atoms with E-state index < -0.39 is 0 Å². The highest BCUT2D eigenvalue weighted by atomic mass is 32.2. The van der Waals surface area contributed by atoms with Crippen molar-refractivity contribution in [1.82, 2.24) is 10.1 Å². The van der Waals surface area contributed by atoms with Crippen molar-refractivity contribution in [1.29, 1.82) is 0 Å². The summed E-state index contributed by atoms with van der Waals surface area (Å²) in [5.74, 6) is 1.65. The summed E-state index contributed by atoms with van der Waals surface area (Å²) < 4.78 is 9.68. The van der Waals surface area contributed by atoms with Gasteiger partial charge in [-0.25, -0.2) is 0 Å². The minimum Gasteiger partial charge on any atom is -0.377 e. The standard InChI is InChI=1S/C10H16N2O3S/c1-7(2)16-6-9-11-10(15-12-9)4-8(13)5-14-3/h7H,4-6H2,1-3H3. The van der Waals surface area contributed by atoms with Crippen LogP contribution in [0.5, 0.6) is 0 Å². The summed E-state index contributed by atoms with van der Waals surface area (Å²) in [5.41, 5.74) is 0. The Kier molecular flexibility index (Phi) is 5.48. The van der Waals surface area contributed by atoms with Gasteiger partial charge in [-0.05, 0) is 5.25 Å². The van der Waals surface area contributed by atoms with Gasteiger partial charge in [0, 0.05) is 7.11 Å². The Morgan fingerprint density at radius 2 is 2.31 bits per heavy atom. The Bertz CT molecular complexity index is 339. The minimum absolute atomic E-state index is 0.0609. The van der Waals surface area contributed by atoms with Crippen LogP contribution in [0.4, 0.5) is 0 Å². The summed E-state index contributed by atoms with van der Waals surface area (Å²) in [6.45, 7) is 4.29. The molecule has 1 heterocycles. The average Bonchev–Trinajstić information content (AvgIpc) is 2.63. The molecule has 1 aromatic rings. The molecule has 0 aliphatic carbocycles. The molecule has 0 aromatic carbocycles. The van der Waals surface area contributed by atoms with Gasteiger partial charge in [-0.3, -0.25) is 4.79 Å². The topological polar surface area (TPSA) is 65.2 Å². The van der Waals surface area contributed by atoms with Crippen LogP contribution in [0.3, 0.4) is 0 Å². The first-order valence-electron chi connectivity index (χ1n) is 5.05. The molecule has 0 spiro atoms. The Morgan fingerprint density at radius 3 is 2.94 bits per heavy atom. The zero-order valence-electron chi connectivity index (χ0n) is 9.73. The van der Waals surface area contributed by atoms with Gasteiger partial charge in [0.1, 0.15) is 6.61 Å². The van der Waals surface area contributed by atoms with Gasteiger partial charge < -0.3 is 9.26 Å². The molecular weight excluding hydrogens is 228 g/mol. The second kappa shape index (κ2) is 6.65. The second-order valence-electron chi connectivity index (χ2n) is 3.61. The lowest BCUT2D eigenvalue weighted by Crippen LogP contribution is -2.09. The number of aromatic nitrogens is 2. The van der Waals surface area contributed by atoms with Crippen LogP contribution in [-0.2, 0) is 21.7 Å². The van der Waals surface area contributed by atoms with E-state index in [-0.39, 0.29) is 18.8 Å². The fourth-order valence-electron chi connectivity index (χ4n) is 1.04. The Hall–Kier alpha value is -0.880. The number of nitrogens with zero attached hydrogens (tertiary/aromatic N) is 2. The van der Waals surface area contributed by atoms with Crippen LogP contribution >= 0.6 is 11.8 Å². The van der Waals surface area contributed by atoms with E-state index in [4.69, 9.17) is 9.26 Å². The van der Waals surface area contributed by atoms with Gasteiger partial charge >= 0.3 is 0 Å². The van der Waals surface area contributed by atoms with E-state index in [2.05, 4.69) is 24.0 Å². The number of Topliss-reactive ketones (excluding diaryl/α,β-unsaturated/α-hetero) is 1. The maximum atomic E-state index is 11.2. The van der Waals surface area contributed by atoms with E-state index in [1.165, 1.54) is 7.11 Å². The molecule has 0 fully saturated rings. The monoisotopic (exact) mass is 244 g/mol. The van der Waals surface area contributed by atoms with Crippen LogP contribution in [0.25, 0.3) is 0 Å². The maximum Gasteiger partial charge on any atom is 0.234 e. The van der Waals surface area contributed by atoms with Gasteiger partial charge in [0.25, 0.3) is 0 Å². The molecule has 0 saturated carbocycles. The van der Waals surface area contributed by atoms with E-state index in [0.29, 0.717) is 22.7 Å². The summed E-state index contributed by atoms with van der Waals surface area (Å²) in [4.78, 5) is 15.4. The summed E-state index contributed by atoms with van der Waals surface area (Å²) in [7, 11) is 1.48. The molecular formula is C10H16N2O3S. The van der Waals surface area contributed by atoms with E-state index >= 15 is 0 Å². The molecule has 0 radical (unpaired) electrons. The van der Waals surface area contributed by atoms with Crippen LogP contribution < -0.4 is 0 Å². The zero-order chi connectivity index (χ0) is 12.0. The third-order valence-electron chi connectivity index (χ3n) is 1.71. The molecule has 16 heavy (non-hydrogen) atoms. The molecule has 0 bridgehead atoms. The highest BCUT2D eigenvalue weighted by Gasteiger charge is 2.11. The fraction of sp³-hybridized carbons (Fsp3) is 0.700. The van der Waals surface area contributed by atoms with Crippen LogP contribution in [-0.4, -0.2) is 34.9 Å². The Morgan fingerprint density at radius 1 is 1.56 bits per heavy atom. The SMILES string of the molecule is COCC(=O)Cc1nc(CSC(C)C)no1. The number of ketones is 1. The molecule has 0 aliphatic rings. The third-order valence-corrected chi connectivity index (χ3v) is 2.80. The number of hydrogen-bond acceptors (Lipinski definition) is 6. The number of methoxy groups -OCH3 is 1. The first kappa shape index (κ1) is 13.2. The lowest BCUT2D eigenvalue weighted by molar-refractivity contribution is -0.122. The number of carbonyl (C=O) groups excluding carboxylic acids is 1. The molecule has 0 atom stereocenters. The van der Waals surface area contributed by atoms with Crippen LogP contribution in [0.1, 0.15) is 25.6 Å². The summed E-state index contributed by atoms with van der Waals surface area (Å²) >= 11 is 1.73. The first-order valence-corrected chi connectivity index (χ1v) is 6.10. The van der Waals surface area contributed by atoms with Crippen LogP contribution in [0.2, 0.25) is 0 Å². The van der Waals surface area contributed by atoms with Gasteiger partial charge in [-0.1, -0.05) is 19.0 Å². The molecule has 6 heteroatoms. The van der Waals surface area contributed by atoms with Gasteiger partial charge in [-0.15, -0.1) is 0 Å². The third kappa shape index (κ3) is 4.76. The lowest BCUT2D eigenvalue weighted by Gasteiger charge is -1.99. The number of carbonyl (C=O) groups is 1. The van der Waals surface area contributed by atoms with E-state index in [9.17, 15) is 4.79 Å². The molecule has 90 valence electrons. The molecule has 1 aromatic heterocycles. The second-order valence-corrected chi connectivity index (χ2v) is 5.18. The van der Waals surface area contributed by atoms with E-state index in [0.717, 1.165) is 0 Å². The minimum atomic E-state index is -0.0609. The quantitative estimate of drug-likeness (QED) is 0.723. The van der Waals surface area contributed by atoms with Crippen molar-refractivity contribution in [2.45, 2.75) is 31.3 Å². The number of thioether (sulfide) groups is 1. The van der Waals surface area contributed by atoms with Gasteiger partial charge in [0.15, 0.2) is 11.6 Å². The van der Waals surface area contributed by atoms with Crippen LogP contribution in [0.15, 0.2) is 4.52 Å². The number of hydrogen-bond donors (Lipinski definition) is 0. The molecule has 0 amide bonds. The van der Waals surface area contributed by atoms with Gasteiger partial charge in [0.2, 0.25) is 5.89 Å². The van der Waals surface area contributed by atoms with Crippen molar-refractivity contribution in [2.24, 2.45) is 0 Å². The fourth-order valence-corrected chi connectivity index (χ4v) is 1.64. The van der Waals surface area contributed by atoms with Crippen molar-refractivity contribution >= 4 is 17.5 Å². The van der Waals surface area contributed by atoms with E-state index in [1.54, 1.807) is 11.8 Å². The number of ether oxygens (including phenoxy) is 1. The predicted octanol–water partition coefficient (Wildman–Crippen LogP) is 1.47. The molecule has 0 N–H and O–H groups in total. The van der Waals surface area contributed by atoms with Crippen molar-refractivity contribution in [3.05, 3.63) is 11.7 Å². The average molecular weight is 244 g/mol. The summed E-state index contributed by atoms with van der Waals surface area (Å²) in [6, 6.07) is 0. The lowest BCUT2D eigenvalue weighted by atomic mass is 10.3. The maximum absolute atomic E-state index is 11.2. The van der Waals surface area contributed by atoms with Crippen LogP contribution in [0, 0.1) is 0 Å². The van der Waals surface area contributed by atoms with Crippen molar-refractivity contribution in [3.8, 4) is 0 Å². The predicted molar refractivity (Wildman–Crippen MR) is 61.3 cm³/mol. The number of rotatable bonds is 7. The Balaban J connectivity index is 2.42. The highest BCUT2D eigenvalue weighted by molar-refractivity contribution is 7.99. The normalized spacial score (nSPS) is 11.0. The van der Waals surface area contributed by atoms with Crippen molar-refractivity contribution < 1.29 is 14.1 Å². The largest absolute Gasteiger partial charge is 0.377 e. The molecule has 5 nitrogen and oxygen atoms in total. The molecule has 0 aliphatic heterocycles. The van der Waals surface area contributed by atoms with Gasteiger partial charge in [-0.2, -0.15) is 16.7 Å². The summed E-state index contributed by atoms with van der Waals surface area (Å²) in [6.07, 6.45) is 0.146. The highest BCUT2D eigenvalue weighted by Crippen LogP contribution is 2.14. The zero-order valence-corrected chi connectivity index (χ0v) is 10.5. The van der Waals surface area contributed by atoms with E-state index in [1.807, 2.05) is 0 Å². The van der Waals surface area contributed by atoms with Crippen molar-refractivity contribution in [2.75, 3.05) is 13.7 Å². The van der Waals surface area contributed by atoms with Crippen molar-refractivity contribution in [3.63, 3.8) is 0 Å². The molecule has 0 unspecified atom stereocenters. The summed E-state index contributed by atoms with van der Waals surface area (Å²) in [5, 5.41) is 4.33. The molecule has 0 saturated heterocycles. The Labute approximate surface area is 98.9 Å². The molecule has 1 rings (SSSR count). The smallest absolute Gasteiger partial charge is 0.234 e. The first-order chi connectivity index (χ1) is 7.61.